The number of aryl methyl sites for hydroxylation is 1. The first-order chi connectivity index (χ1) is 13.8. The monoisotopic (exact) mass is 448 g/mol. The summed E-state index contributed by atoms with van der Waals surface area (Å²) in [5.74, 6) is 0.699. The van der Waals surface area contributed by atoms with Crippen LogP contribution in [0.3, 0.4) is 0 Å². The van der Waals surface area contributed by atoms with Crippen molar-refractivity contribution in [2.75, 3.05) is 0 Å². The molecule has 0 aliphatic heterocycles. The zero-order chi connectivity index (χ0) is 20.9. The second-order valence-electron chi connectivity index (χ2n) is 6.25. The van der Waals surface area contributed by atoms with Gasteiger partial charge < -0.3 is 4.74 Å². The molecule has 0 saturated carbocycles. The van der Waals surface area contributed by atoms with Gasteiger partial charge in [0.2, 0.25) is 0 Å². The van der Waals surface area contributed by atoms with E-state index in [1.807, 2.05) is 30.3 Å². The van der Waals surface area contributed by atoms with Gasteiger partial charge in [-0.1, -0.05) is 53.5 Å². The van der Waals surface area contributed by atoms with Crippen LogP contribution >= 0.6 is 23.2 Å². The minimum absolute atomic E-state index is 0.0395. The summed E-state index contributed by atoms with van der Waals surface area (Å²) in [5, 5.41) is 3.88. The highest BCUT2D eigenvalue weighted by Gasteiger charge is 2.21. The molecule has 0 aliphatic carbocycles. The molecule has 0 bridgehead atoms. The van der Waals surface area contributed by atoms with Gasteiger partial charge in [-0.25, -0.2) is 0 Å². The van der Waals surface area contributed by atoms with Gasteiger partial charge in [0, 0.05) is 0 Å². The summed E-state index contributed by atoms with van der Waals surface area (Å²) in [5.41, 5.74) is 2.53. The molecule has 0 saturated heterocycles. The number of nitrogens with zero attached hydrogens (tertiary/aromatic N) is 1. The number of sulfonamides is 1. The van der Waals surface area contributed by atoms with Gasteiger partial charge in [-0.05, 0) is 60.0 Å². The summed E-state index contributed by atoms with van der Waals surface area (Å²) in [6.45, 7) is 2.24. The van der Waals surface area contributed by atoms with E-state index in [0.717, 1.165) is 11.1 Å². The number of rotatable bonds is 7. The van der Waals surface area contributed by atoms with Gasteiger partial charge in [0.15, 0.2) is 0 Å². The lowest BCUT2D eigenvalue weighted by atomic mass is 10.2. The van der Waals surface area contributed by atoms with Crippen molar-refractivity contribution in [3.63, 3.8) is 0 Å². The van der Waals surface area contributed by atoms with Crippen molar-refractivity contribution in [1.29, 1.82) is 0 Å². The van der Waals surface area contributed by atoms with Crippen LogP contribution < -0.4 is 9.57 Å². The van der Waals surface area contributed by atoms with E-state index >= 15 is 0 Å². The smallest absolute Gasteiger partial charge is 0.279 e. The molecular formula is C21H18Cl2N2O3S. The Kier molecular flexibility index (Phi) is 6.79. The van der Waals surface area contributed by atoms with Crippen LogP contribution in [0.5, 0.6) is 5.75 Å². The van der Waals surface area contributed by atoms with Gasteiger partial charge in [-0.3, -0.25) is 0 Å². The quantitative estimate of drug-likeness (QED) is 0.399. The van der Waals surface area contributed by atoms with Gasteiger partial charge in [0.1, 0.15) is 17.3 Å². The molecule has 0 spiro atoms. The fourth-order valence-corrected chi connectivity index (χ4v) is 4.67. The first-order valence-electron chi connectivity index (χ1n) is 8.62. The van der Waals surface area contributed by atoms with Crippen LogP contribution in [0.1, 0.15) is 16.7 Å². The molecule has 5 nitrogen and oxygen atoms in total. The van der Waals surface area contributed by atoms with Crippen LogP contribution in [-0.4, -0.2) is 14.6 Å². The zero-order valence-corrected chi connectivity index (χ0v) is 17.8. The summed E-state index contributed by atoms with van der Waals surface area (Å²) >= 11 is 12.1. The Morgan fingerprint density at radius 2 is 1.62 bits per heavy atom. The normalized spacial score (nSPS) is 11.6. The molecule has 0 aliphatic rings. The molecule has 3 aromatic carbocycles. The van der Waals surface area contributed by atoms with Crippen molar-refractivity contribution in [3.8, 4) is 5.75 Å². The maximum absolute atomic E-state index is 12.4. The number of halogens is 2. The number of nitrogens with one attached hydrogen (secondary N) is 1. The van der Waals surface area contributed by atoms with Crippen LogP contribution in [0.4, 0.5) is 0 Å². The lowest BCUT2D eigenvalue weighted by Gasteiger charge is -2.09. The lowest BCUT2D eigenvalue weighted by Crippen LogP contribution is -2.19. The van der Waals surface area contributed by atoms with E-state index in [0.29, 0.717) is 17.9 Å². The number of hydrogen-bond acceptors (Lipinski definition) is 4. The summed E-state index contributed by atoms with van der Waals surface area (Å²) in [4.78, 5) is 1.93. The topological polar surface area (TPSA) is 67.8 Å². The molecule has 0 amide bonds. The Bertz CT molecular complexity index is 1090. The SMILES string of the molecule is Cc1cc(Cl)c(S(=O)(=O)NN=Cc2ccc(OCc3ccccc3)cc2)c(Cl)c1. The molecule has 0 atom stereocenters. The van der Waals surface area contributed by atoms with Crippen molar-refractivity contribution in [3.05, 3.63) is 93.5 Å². The fraction of sp³-hybridized carbons (Fsp3) is 0.0952. The van der Waals surface area contributed by atoms with Crippen LogP contribution in [0, 0.1) is 6.92 Å². The van der Waals surface area contributed by atoms with E-state index in [1.165, 1.54) is 18.3 Å². The maximum Gasteiger partial charge on any atom is 0.279 e. The van der Waals surface area contributed by atoms with Crippen LogP contribution in [0.25, 0.3) is 0 Å². The third-order valence-electron chi connectivity index (χ3n) is 3.93. The number of hydrogen-bond donors (Lipinski definition) is 1. The highest BCUT2D eigenvalue weighted by Crippen LogP contribution is 2.30. The summed E-state index contributed by atoms with van der Waals surface area (Å²) in [6, 6.07) is 20.0. The Morgan fingerprint density at radius 1 is 1.00 bits per heavy atom. The average Bonchev–Trinajstić information content (AvgIpc) is 2.67. The predicted octanol–water partition coefficient (Wildman–Crippen LogP) is 5.19. The highest BCUT2D eigenvalue weighted by atomic mass is 35.5. The number of hydrazone groups is 1. The molecule has 0 heterocycles. The van der Waals surface area contributed by atoms with Crippen LogP contribution in [0.2, 0.25) is 10.0 Å². The molecule has 150 valence electrons. The molecule has 0 radical (unpaired) electrons. The van der Waals surface area contributed by atoms with E-state index in [9.17, 15) is 8.42 Å². The molecule has 1 N–H and O–H groups in total. The summed E-state index contributed by atoms with van der Waals surface area (Å²) in [6.07, 6.45) is 1.38. The second-order valence-corrected chi connectivity index (χ2v) is 8.67. The largest absolute Gasteiger partial charge is 0.489 e. The van der Waals surface area contributed by atoms with Crippen molar-refractivity contribution in [1.82, 2.24) is 4.83 Å². The molecule has 0 fully saturated rings. The lowest BCUT2D eigenvalue weighted by molar-refractivity contribution is 0.306. The minimum Gasteiger partial charge on any atom is -0.489 e. The van der Waals surface area contributed by atoms with Crippen LogP contribution in [0.15, 0.2) is 76.7 Å². The molecule has 3 aromatic rings. The molecule has 29 heavy (non-hydrogen) atoms. The van der Waals surface area contributed by atoms with Gasteiger partial charge in [0.05, 0.1) is 16.3 Å². The number of benzene rings is 3. The van der Waals surface area contributed by atoms with Gasteiger partial charge in [0.25, 0.3) is 10.0 Å². The fourth-order valence-electron chi connectivity index (χ4n) is 2.55. The van der Waals surface area contributed by atoms with Gasteiger partial charge in [-0.15, -0.1) is 0 Å². The van der Waals surface area contributed by atoms with E-state index in [-0.39, 0.29) is 14.9 Å². The van der Waals surface area contributed by atoms with Crippen LogP contribution in [-0.2, 0) is 16.6 Å². The Hall–Kier alpha value is -2.54. The van der Waals surface area contributed by atoms with E-state index in [2.05, 4.69) is 9.93 Å². The standard InChI is InChI=1S/C21H18Cl2N2O3S/c1-15-11-19(22)21(20(23)12-15)29(26,27)25-24-13-16-7-9-18(10-8-16)28-14-17-5-3-2-4-6-17/h2-13,25H,14H2,1H3. The summed E-state index contributed by atoms with van der Waals surface area (Å²) in [7, 11) is -3.99. The van der Waals surface area contributed by atoms with E-state index < -0.39 is 10.0 Å². The van der Waals surface area contributed by atoms with Gasteiger partial charge in [-0.2, -0.15) is 18.4 Å². The molecule has 3 rings (SSSR count). The second kappa shape index (κ2) is 9.31. The maximum atomic E-state index is 12.4. The third kappa shape index (κ3) is 5.73. The predicted molar refractivity (Wildman–Crippen MR) is 116 cm³/mol. The highest BCUT2D eigenvalue weighted by molar-refractivity contribution is 7.89. The number of ether oxygens (including phenoxy) is 1. The first kappa shape index (κ1) is 21.2. The third-order valence-corrected chi connectivity index (χ3v) is 6.07. The van der Waals surface area contributed by atoms with Crippen molar-refractivity contribution in [2.24, 2.45) is 5.10 Å². The van der Waals surface area contributed by atoms with E-state index in [1.54, 1.807) is 31.2 Å². The van der Waals surface area contributed by atoms with Crippen molar-refractivity contribution >= 4 is 39.4 Å². The van der Waals surface area contributed by atoms with Crippen molar-refractivity contribution < 1.29 is 13.2 Å². The molecule has 8 heteroatoms. The molecule has 0 unspecified atom stereocenters. The minimum atomic E-state index is -3.99. The first-order valence-corrected chi connectivity index (χ1v) is 10.9. The molecular weight excluding hydrogens is 431 g/mol. The molecule has 0 aromatic heterocycles. The summed E-state index contributed by atoms with van der Waals surface area (Å²) < 4.78 is 30.6. The van der Waals surface area contributed by atoms with Crippen molar-refractivity contribution in [2.45, 2.75) is 18.4 Å². The van der Waals surface area contributed by atoms with Gasteiger partial charge >= 0.3 is 0 Å². The Morgan fingerprint density at radius 3 is 2.24 bits per heavy atom. The average molecular weight is 449 g/mol. The zero-order valence-electron chi connectivity index (χ0n) is 15.5. The van der Waals surface area contributed by atoms with E-state index in [4.69, 9.17) is 27.9 Å². The Balaban J connectivity index is 1.63. The Labute approximate surface area is 180 Å².